The van der Waals surface area contributed by atoms with Gasteiger partial charge in [0.05, 0.1) is 24.4 Å². The van der Waals surface area contributed by atoms with Crippen molar-refractivity contribution in [3.63, 3.8) is 0 Å². The van der Waals surface area contributed by atoms with Gasteiger partial charge in [-0.05, 0) is 12.1 Å². The van der Waals surface area contributed by atoms with E-state index in [1.807, 2.05) is 23.9 Å². The number of nitriles is 1. The second-order valence-electron chi connectivity index (χ2n) is 4.16. The van der Waals surface area contributed by atoms with Gasteiger partial charge in [0.25, 0.3) is 0 Å². The number of ether oxygens (including phenoxy) is 1. The van der Waals surface area contributed by atoms with Crippen molar-refractivity contribution in [3.8, 4) is 11.8 Å². The first-order valence-corrected chi connectivity index (χ1v) is 6.03. The summed E-state index contributed by atoms with van der Waals surface area (Å²) in [6.07, 6.45) is 4.54. The lowest BCUT2D eigenvalue weighted by atomic mass is 10.2. The summed E-state index contributed by atoms with van der Waals surface area (Å²) in [5, 5.41) is 12.1. The van der Waals surface area contributed by atoms with Crippen molar-refractivity contribution in [2.24, 2.45) is 7.05 Å². The molecule has 0 aliphatic heterocycles. The van der Waals surface area contributed by atoms with Crippen LogP contribution in [0.3, 0.4) is 0 Å². The number of rotatable bonds is 5. The summed E-state index contributed by atoms with van der Waals surface area (Å²) >= 11 is 0. The Bertz CT molecular complexity index is 598. The summed E-state index contributed by atoms with van der Waals surface area (Å²) in [4.78, 5) is 4.27. The third-order valence-corrected chi connectivity index (χ3v) is 2.92. The van der Waals surface area contributed by atoms with Gasteiger partial charge in [0.15, 0.2) is 0 Å². The second kappa shape index (κ2) is 5.91. The molecular formula is C14H16N4O. The van der Waals surface area contributed by atoms with E-state index in [0.29, 0.717) is 11.3 Å². The highest BCUT2D eigenvalue weighted by Crippen LogP contribution is 2.25. The Hall–Kier alpha value is -2.48. The number of hydrogen-bond acceptors (Lipinski definition) is 4. The molecular weight excluding hydrogens is 240 g/mol. The van der Waals surface area contributed by atoms with E-state index in [4.69, 9.17) is 10.00 Å². The number of imidazole rings is 1. The molecule has 1 heterocycles. The molecule has 0 fully saturated rings. The van der Waals surface area contributed by atoms with E-state index < -0.39 is 0 Å². The minimum atomic E-state index is 0.589. The summed E-state index contributed by atoms with van der Waals surface area (Å²) in [7, 11) is 3.57. The van der Waals surface area contributed by atoms with Crippen LogP contribution in [0.5, 0.6) is 5.75 Å². The normalized spacial score (nSPS) is 9.95. The molecule has 0 aliphatic carbocycles. The SMILES string of the molecule is COc1cc(C#N)ccc1NCCc1nccn1C. The summed E-state index contributed by atoms with van der Waals surface area (Å²) in [5.41, 5.74) is 1.47. The number of benzene rings is 1. The number of methoxy groups -OCH3 is 1. The van der Waals surface area contributed by atoms with Crippen molar-refractivity contribution in [2.45, 2.75) is 6.42 Å². The molecule has 1 aromatic carbocycles. The van der Waals surface area contributed by atoms with E-state index in [2.05, 4.69) is 16.4 Å². The molecule has 5 heteroatoms. The Morgan fingerprint density at radius 2 is 2.32 bits per heavy atom. The predicted molar refractivity (Wildman–Crippen MR) is 73.1 cm³/mol. The van der Waals surface area contributed by atoms with E-state index >= 15 is 0 Å². The van der Waals surface area contributed by atoms with Crippen LogP contribution in [0.15, 0.2) is 30.6 Å². The molecule has 19 heavy (non-hydrogen) atoms. The van der Waals surface area contributed by atoms with Crippen molar-refractivity contribution in [2.75, 3.05) is 19.0 Å². The zero-order valence-electron chi connectivity index (χ0n) is 11.1. The van der Waals surface area contributed by atoms with Gasteiger partial charge in [-0.2, -0.15) is 5.26 Å². The number of nitrogens with one attached hydrogen (secondary N) is 1. The molecule has 0 spiro atoms. The number of anilines is 1. The molecule has 0 radical (unpaired) electrons. The maximum absolute atomic E-state index is 8.84. The topological polar surface area (TPSA) is 62.9 Å². The third kappa shape index (κ3) is 3.05. The smallest absolute Gasteiger partial charge is 0.143 e. The lowest BCUT2D eigenvalue weighted by Gasteiger charge is -2.11. The first kappa shape index (κ1) is 13.0. The summed E-state index contributed by atoms with van der Waals surface area (Å²) in [5.74, 6) is 1.71. The van der Waals surface area contributed by atoms with Crippen LogP contribution in [0.1, 0.15) is 11.4 Å². The van der Waals surface area contributed by atoms with Crippen molar-refractivity contribution >= 4 is 5.69 Å². The highest BCUT2D eigenvalue weighted by atomic mass is 16.5. The maximum atomic E-state index is 8.84. The lowest BCUT2D eigenvalue weighted by Crippen LogP contribution is -2.09. The Balaban J connectivity index is 2.00. The molecule has 0 saturated carbocycles. The molecule has 0 saturated heterocycles. The zero-order chi connectivity index (χ0) is 13.7. The highest BCUT2D eigenvalue weighted by molar-refractivity contribution is 5.59. The number of hydrogen-bond donors (Lipinski definition) is 1. The third-order valence-electron chi connectivity index (χ3n) is 2.92. The molecule has 98 valence electrons. The molecule has 2 aromatic rings. The summed E-state index contributed by atoms with van der Waals surface area (Å²) < 4.78 is 7.26. The molecule has 1 N–H and O–H groups in total. The average molecular weight is 256 g/mol. The van der Waals surface area contributed by atoms with Crippen molar-refractivity contribution in [1.29, 1.82) is 5.26 Å². The lowest BCUT2D eigenvalue weighted by molar-refractivity contribution is 0.416. The fourth-order valence-electron chi connectivity index (χ4n) is 1.85. The number of aryl methyl sites for hydroxylation is 1. The van der Waals surface area contributed by atoms with Gasteiger partial charge < -0.3 is 14.6 Å². The van der Waals surface area contributed by atoms with Gasteiger partial charge in [0, 0.05) is 38.5 Å². The van der Waals surface area contributed by atoms with Gasteiger partial charge in [-0.25, -0.2) is 4.98 Å². The van der Waals surface area contributed by atoms with Crippen molar-refractivity contribution in [3.05, 3.63) is 42.0 Å². The summed E-state index contributed by atoms with van der Waals surface area (Å²) in [6, 6.07) is 7.45. The van der Waals surface area contributed by atoms with Gasteiger partial charge in [-0.15, -0.1) is 0 Å². The van der Waals surface area contributed by atoms with Crippen LogP contribution < -0.4 is 10.1 Å². The first-order valence-electron chi connectivity index (χ1n) is 6.03. The highest BCUT2D eigenvalue weighted by Gasteiger charge is 2.05. The Morgan fingerprint density at radius 1 is 1.47 bits per heavy atom. The van der Waals surface area contributed by atoms with Crippen LogP contribution in [0.4, 0.5) is 5.69 Å². The number of aromatic nitrogens is 2. The Kier molecular flexibility index (Phi) is 4.04. The fraction of sp³-hybridized carbons (Fsp3) is 0.286. The Labute approximate surface area is 112 Å². The fourth-order valence-corrected chi connectivity index (χ4v) is 1.85. The average Bonchev–Trinajstić information content (AvgIpc) is 2.84. The molecule has 1 aromatic heterocycles. The van der Waals surface area contributed by atoms with Crippen LogP contribution in [-0.4, -0.2) is 23.2 Å². The van der Waals surface area contributed by atoms with E-state index in [0.717, 1.165) is 24.5 Å². The van der Waals surface area contributed by atoms with E-state index in [9.17, 15) is 0 Å². The molecule has 0 atom stereocenters. The van der Waals surface area contributed by atoms with Crippen LogP contribution in [0, 0.1) is 11.3 Å². The quantitative estimate of drug-likeness (QED) is 0.888. The standard InChI is InChI=1S/C14H16N4O/c1-18-8-7-17-14(18)5-6-16-12-4-3-11(10-15)9-13(12)19-2/h3-4,7-9,16H,5-6H2,1-2H3. The van der Waals surface area contributed by atoms with Gasteiger partial charge >= 0.3 is 0 Å². The molecule has 0 aliphatic rings. The van der Waals surface area contributed by atoms with Gasteiger partial charge in [-0.3, -0.25) is 0 Å². The van der Waals surface area contributed by atoms with Gasteiger partial charge in [0.2, 0.25) is 0 Å². The first-order chi connectivity index (χ1) is 9.24. The molecule has 0 unspecified atom stereocenters. The minimum absolute atomic E-state index is 0.589. The Morgan fingerprint density at radius 3 is 2.95 bits per heavy atom. The van der Waals surface area contributed by atoms with Crippen LogP contribution in [0.25, 0.3) is 0 Å². The molecule has 0 amide bonds. The van der Waals surface area contributed by atoms with Gasteiger partial charge in [-0.1, -0.05) is 0 Å². The molecule has 0 bridgehead atoms. The minimum Gasteiger partial charge on any atom is -0.495 e. The molecule has 5 nitrogen and oxygen atoms in total. The van der Waals surface area contributed by atoms with Crippen LogP contribution >= 0.6 is 0 Å². The molecule has 2 rings (SSSR count). The van der Waals surface area contributed by atoms with Crippen molar-refractivity contribution in [1.82, 2.24) is 9.55 Å². The largest absolute Gasteiger partial charge is 0.495 e. The number of nitrogens with zero attached hydrogens (tertiary/aromatic N) is 3. The van der Waals surface area contributed by atoms with E-state index in [-0.39, 0.29) is 0 Å². The van der Waals surface area contributed by atoms with Gasteiger partial charge in [0.1, 0.15) is 11.6 Å². The second-order valence-corrected chi connectivity index (χ2v) is 4.16. The van der Waals surface area contributed by atoms with E-state index in [1.165, 1.54) is 0 Å². The van der Waals surface area contributed by atoms with E-state index in [1.54, 1.807) is 25.4 Å². The summed E-state index contributed by atoms with van der Waals surface area (Å²) in [6.45, 7) is 0.757. The predicted octanol–water partition coefficient (Wildman–Crippen LogP) is 1.95. The van der Waals surface area contributed by atoms with Crippen LogP contribution in [-0.2, 0) is 13.5 Å². The monoisotopic (exact) mass is 256 g/mol. The van der Waals surface area contributed by atoms with Crippen molar-refractivity contribution < 1.29 is 4.74 Å². The zero-order valence-corrected chi connectivity index (χ0v) is 11.1. The van der Waals surface area contributed by atoms with Crippen LogP contribution in [0.2, 0.25) is 0 Å². The maximum Gasteiger partial charge on any atom is 0.143 e.